The Labute approximate surface area is 198 Å². The molecule has 1 N–H and O–H groups in total. The number of pyridine rings is 1. The van der Waals surface area contributed by atoms with Gasteiger partial charge in [0.2, 0.25) is 0 Å². The number of nitrogens with one attached hydrogen (secondary N) is 1. The molecule has 0 spiro atoms. The van der Waals surface area contributed by atoms with Crippen molar-refractivity contribution in [2.24, 2.45) is 5.92 Å². The van der Waals surface area contributed by atoms with Crippen molar-refractivity contribution in [1.82, 2.24) is 9.88 Å². The van der Waals surface area contributed by atoms with Gasteiger partial charge in [-0.15, -0.1) is 0 Å². The fourth-order valence-electron chi connectivity index (χ4n) is 4.37. The Bertz CT molecular complexity index is 1490. The van der Waals surface area contributed by atoms with E-state index in [2.05, 4.69) is 5.32 Å². The second-order valence-electron chi connectivity index (χ2n) is 8.60. The van der Waals surface area contributed by atoms with Crippen LogP contribution in [-0.4, -0.2) is 10.7 Å². The number of carbonyl (C=O) groups is 1. The zero-order chi connectivity index (χ0) is 24.7. The first-order valence-corrected chi connectivity index (χ1v) is 11.2. The third-order valence-electron chi connectivity index (χ3n) is 6.19. The van der Waals surface area contributed by atoms with Crippen LogP contribution in [0.1, 0.15) is 30.1 Å². The summed E-state index contributed by atoms with van der Waals surface area (Å²) in [5, 5.41) is 2.68. The van der Waals surface area contributed by atoms with Crippen LogP contribution < -0.4 is 15.6 Å². The van der Waals surface area contributed by atoms with Crippen LogP contribution in [0.3, 0.4) is 0 Å². The molecule has 35 heavy (non-hydrogen) atoms. The lowest BCUT2D eigenvalue weighted by Gasteiger charge is -2.21. The van der Waals surface area contributed by atoms with Crippen LogP contribution in [0.5, 0.6) is 5.75 Å². The molecule has 178 valence electrons. The molecule has 3 aromatic carbocycles. The zero-order valence-corrected chi connectivity index (χ0v) is 18.7. The summed E-state index contributed by atoms with van der Waals surface area (Å²) in [7, 11) is 0. The molecule has 0 saturated heterocycles. The second kappa shape index (κ2) is 8.94. The van der Waals surface area contributed by atoms with E-state index < -0.39 is 35.1 Å². The quantitative estimate of drug-likeness (QED) is 0.385. The minimum atomic E-state index is -0.816. The molecular formula is C27H21F3N2O3. The van der Waals surface area contributed by atoms with Crippen LogP contribution in [0.15, 0.2) is 71.5 Å². The van der Waals surface area contributed by atoms with Gasteiger partial charge in [0.1, 0.15) is 17.5 Å². The van der Waals surface area contributed by atoms with Crippen molar-refractivity contribution in [2.75, 3.05) is 0 Å². The van der Waals surface area contributed by atoms with E-state index in [1.54, 1.807) is 19.1 Å². The van der Waals surface area contributed by atoms with Gasteiger partial charge in [-0.3, -0.25) is 9.36 Å². The molecular weight excluding hydrogens is 457 g/mol. The lowest BCUT2D eigenvalue weighted by molar-refractivity contribution is 0.194. The summed E-state index contributed by atoms with van der Waals surface area (Å²) < 4.78 is 48.9. The average Bonchev–Trinajstić information content (AvgIpc) is 3.67. The largest absolute Gasteiger partial charge is 0.413 e. The summed E-state index contributed by atoms with van der Waals surface area (Å²) in [6, 6.07) is 14.7. The number of nitrogens with zero attached hydrogens (tertiary/aromatic N) is 1. The van der Waals surface area contributed by atoms with Gasteiger partial charge in [-0.2, -0.15) is 0 Å². The number of ether oxygens (including phenoxy) is 1. The summed E-state index contributed by atoms with van der Waals surface area (Å²) in [6.45, 7) is 1.56. The Hall–Kier alpha value is -4.07. The molecule has 8 heteroatoms. The van der Waals surface area contributed by atoms with Gasteiger partial charge in [0.15, 0.2) is 5.75 Å². The molecule has 5 rings (SSSR count). The SMILES string of the molecule is Cc1c(OC(=O)N[C@H](c2cccc(F)c2)C2CC2)c2cccc(F)c2c(=O)n1-c1ccc(F)cc1. The molecule has 1 aromatic heterocycles. The van der Waals surface area contributed by atoms with Gasteiger partial charge in [0, 0.05) is 11.1 Å². The third kappa shape index (κ3) is 4.39. The van der Waals surface area contributed by atoms with E-state index in [9.17, 15) is 22.8 Å². The van der Waals surface area contributed by atoms with E-state index in [-0.39, 0.29) is 28.1 Å². The van der Waals surface area contributed by atoms with E-state index in [4.69, 9.17) is 4.74 Å². The van der Waals surface area contributed by atoms with Crippen LogP contribution in [-0.2, 0) is 0 Å². The Morgan fingerprint density at radius 2 is 1.71 bits per heavy atom. The molecule has 5 nitrogen and oxygen atoms in total. The maximum absolute atomic E-state index is 14.8. The van der Waals surface area contributed by atoms with E-state index >= 15 is 0 Å². The summed E-state index contributed by atoms with van der Waals surface area (Å²) in [4.78, 5) is 26.2. The number of fused-ring (bicyclic) bond motifs is 1. The van der Waals surface area contributed by atoms with Crippen LogP contribution >= 0.6 is 0 Å². The van der Waals surface area contributed by atoms with Crippen molar-refractivity contribution >= 4 is 16.9 Å². The highest BCUT2D eigenvalue weighted by molar-refractivity contribution is 5.91. The summed E-state index contributed by atoms with van der Waals surface area (Å²) in [5.74, 6) is -1.54. The van der Waals surface area contributed by atoms with Crippen LogP contribution in [0.4, 0.5) is 18.0 Å². The molecule has 4 aromatic rings. The van der Waals surface area contributed by atoms with Crippen molar-refractivity contribution in [1.29, 1.82) is 0 Å². The van der Waals surface area contributed by atoms with Gasteiger partial charge in [-0.05, 0) is 73.7 Å². The Morgan fingerprint density at radius 1 is 1.00 bits per heavy atom. The van der Waals surface area contributed by atoms with E-state index in [1.807, 2.05) is 0 Å². The number of amides is 1. The first kappa shape index (κ1) is 22.7. The van der Waals surface area contributed by atoms with Crippen molar-refractivity contribution in [3.8, 4) is 11.4 Å². The topological polar surface area (TPSA) is 60.3 Å². The molecule has 0 aliphatic heterocycles. The van der Waals surface area contributed by atoms with Crippen LogP contribution in [0.2, 0.25) is 0 Å². The summed E-state index contributed by atoms with van der Waals surface area (Å²) in [6.07, 6.45) is 0.942. The smallest absolute Gasteiger partial charge is 0.408 e. The molecule has 0 radical (unpaired) electrons. The summed E-state index contributed by atoms with van der Waals surface area (Å²) >= 11 is 0. The minimum Gasteiger partial charge on any atom is -0.408 e. The zero-order valence-electron chi connectivity index (χ0n) is 18.7. The molecule has 1 aliphatic rings. The van der Waals surface area contributed by atoms with E-state index in [0.29, 0.717) is 11.3 Å². The number of halogens is 3. The molecule has 1 amide bonds. The lowest BCUT2D eigenvalue weighted by Crippen LogP contribution is -2.33. The number of hydrogen-bond donors (Lipinski definition) is 1. The van der Waals surface area contributed by atoms with E-state index in [0.717, 1.165) is 18.9 Å². The highest BCUT2D eigenvalue weighted by atomic mass is 19.1. The Morgan fingerprint density at radius 3 is 2.40 bits per heavy atom. The van der Waals surface area contributed by atoms with Crippen LogP contribution in [0.25, 0.3) is 16.5 Å². The lowest BCUT2D eigenvalue weighted by atomic mass is 10.0. The first-order chi connectivity index (χ1) is 16.8. The number of hydrogen-bond acceptors (Lipinski definition) is 3. The predicted octanol–water partition coefficient (Wildman–Crippen LogP) is 5.96. The van der Waals surface area contributed by atoms with Crippen molar-refractivity contribution in [3.63, 3.8) is 0 Å². The van der Waals surface area contributed by atoms with Gasteiger partial charge in [0.25, 0.3) is 5.56 Å². The molecule has 0 unspecified atom stereocenters. The number of benzene rings is 3. The van der Waals surface area contributed by atoms with Crippen LogP contribution in [0, 0.1) is 30.3 Å². The Kier molecular flexibility index (Phi) is 5.80. The van der Waals surface area contributed by atoms with Crippen molar-refractivity contribution < 1.29 is 22.7 Å². The normalized spacial score (nSPS) is 14.1. The maximum atomic E-state index is 14.8. The Balaban J connectivity index is 1.57. The van der Waals surface area contributed by atoms with Gasteiger partial charge < -0.3 is 10.1 Å². The van der Waals surface area contributed by atoms with Gasteiger partial charge in [-0.25, -0.2) is 18.0 Å². The van der Waals surface area contributed by atoms with Gasteiger partial charge in [-0.1, -0.05) is 24.3 Å². The average molecular weight is 478 g/mol. The molecule has 1 fully saturated rings. The standard InChI is InChI=1S/C27H21F3N2O3/c1-15-25(35-27(34)31-24(16-8-9-16)17-4-2-5-19(29)14-17)21-6-3-7-22(30)23(21)26(33)32(15)20-12-10-18(28)11-13-20/h2-7,10-14,16,24H,8-9H2,1H3,(H,31,34)/t24-/m0/s1. The monoisotopic (exact) mass is 478 g/mol. The molecule has 1 aliphatic carbocycles. The van der Waals surface area contributed by atoms with E-state index in [1.165, 1.54) is 53.1 Å². The fourth-order valence-corrected chi connectivity index (χ4v) is 4.37. The van der Waals surface area contributed by atoms with Gasteiger partial charge >= 0.3 is 6.09 Å². The molecule has 1 atom stereocenters. The number of carbonyl (C=O) groups excluding carboxylic acids is 1. The highest BCUT2D eigenvalue weighted by Gasteiger charge is 2.34. The number of rotatable bonds is 5. The van der Waals surface area contributed by atoms with Crippen molar-refractivity contribution in [2.45, 2.75) is 25.8 Å². The van der Waals surface area contributed by atoms with Gasteiger partial charge in [0.05, 0.1) is 17.1 Å². The highest BCUT2D eigenvalue weighted by Crippen LogP contribution is 2.41. The fraction of sp³-hybridized carbons (Fsp3) is 0.185. The maximum Gasteiger partial charge on any atom is 0.413 e. The third-order valence-corrected chi connectivity index (χ3v) is 6.19. The predicted molar refractivity (Wildman–Crippen MR) is 125 cm³/mol. The molecule has 1 heterocycles. The molecule has 1 saturated carbocycles. The summed E-state index contributed by atoms with van der Waals surface area (Å²) in [5.41, 5.74) is 0.488. The van der Waals surface area contributed by atoms with Crippen molar-refractivity contribution in [3.05, 3.63) is 106 Å². The number of aromatic nitrogens is 1. The second-order valence-corrected chi connectivity index (χ2v) is 8.60. The molecule has 0 bridgehead atoms. The minimum absolute atomic E-state index is 0.00489. The first-order valence-electron chi connectivity index (χ1n) is 11.2.